The minimum Gasteiger partial charge on any atom is -0.508 e. The summed E-state index contributed by atoms with van der Waals surface area (Å²) >= 11 is 0. The molecule has 1 aromatic heterocycles. The number of aromatic nitrogens is 1. The predicted octanol–water partition coefficient (Wildman–Crippen LogP) is 1.98. The van der Waals surface area contributed by atoms with Crippen LogP contribution in [0.25, 0.3) is 10.8 Å². The number of anilines is 1. The number of phenolic OH excluding ortho intramolecular Hbond substituents is 1. The summed E-state index contributed by atoms with van der Waals surface area (Å²) in [5, 5.41) is 14.3. The lowest BCUT2D eigenvalue weighted by atomic mass is 10.1. The van der Waals surface area contributed by atoms with Crippen molar-refractivity contribution >= 4 is 16.6 Å². The predicted molar refractivity (Wildman–Crippen MR) is 53.0 cm³/mol. The van der Waals surface area contributed by atoms with Gasteiger partial charge in [0.25, 0.3) is 0 Å². The number of nitrogens with one attached hydrogen (secondary N) is 1. The molecule has 3 heteroatoms. The zero-order valence-electron chi connectivity index (χ0n) is 7.28. The number of phenols is 1. The molecule has 0 aliphatic heterocycles. The van der Waals surface area contributed by atoms with Crippen LogP contribution in [-0.2, 0) is 0 Å². The molecular weight excluding hydrogens is 164 g/mol. The molecule has 0 amide bonds. The largest absolute Gasteiger partial charge is 0.508 e. The highest BCUT2D eigenvalue weighted by atomic mass is 16.3. The fourth-order valence-electron chi connectivity index (χ4n) is 1.36. The molecule has 0 saturated heterocycles. The molecule has 2 aromatic rings. The van der Waals surface area contributed by atoms with Crippen molar-refractivity contribution in [1.29, 1.82) is 0 Å². The lowest BCUT2D eigenvalue weighted by Gasteiger charge is -2.04. The third kappa shape index (κ3) is 1.28. The van der Waals surface area contributed by atoms with Gasteiger partial charge in [-0.25, -0.2) is 4.98 Å². The summed E-state index contributed by atoms with van der Waals surface area (Å²) < 4.78 is 0. The molecule has 0 bridgehead atoms. The van der Waals surface area contributed by atoms with Gasteiger partial charge in [-0.05, 0) is 29.7 Å². The first kappa shape index (κ1) is 7.86. The van der Waals surface area contributed by atoms with E-state index in [4.69, 9.17) is 0 Å². The summed E-state index contributed by atoms with van der Waals surface area (Å²) in [6.07, 6.45) is 1.72. The van der Waals surface area contributed by atoms with Gasteiger partial charge in [-0.1, -0.05) is 0 Å². The zero-order valence-corrected chi connectivity index (χ0v) is 7.28. The molecule has 0 aliphatic carbocycles. The van der Waals surface area contributed by atoms with E-state index < -0.39 is 0 Å². The molecule has 66 valence electrons. The molecule has 1 aromatic carbocycles. The van der Waals surface area contributed by atoms with E-state index in [9.17, 15) is 5.11 Å². The number of hydrogen-bond donors (Lipinski definition) is 2. The third-order valence-electron chi connectivity index (χ3n) is 1.98. The lowest BCUT2D eigenvalue weighted by molar-refractivity contribution is 0.476. The summed E-state index contributed by atoms with van der Waals surface area (Å²) in [5.41, 5.74) is 0. The number of hydrogen-bond acceptors (Lipinski definition) is 3. The van der Waals surface area contributed by atoms with E-state index in [-0.39, 0.29) is 5.75 Å². The van der Waals surface area contributed by atoms with Crippen LogP contribution in [0, 0.1) is 0 Å². The molecular formula is C10H10N2O. The maximum absolute atomic E-state index is 9.25. The van der Waals surface area contributed by atoms with E-state index in [2.05, 4.69) is 10.3 Å². The monoisotopic (exact) mass is 174 g/mol. The first-order chi connectivity index (χ1) is 6.31. The highest BCUT2D eigenvalue weighted by molar-refractivity contribution is 5.92. The van der Waals surface area contributed by atoms with Crippen molar-refractivity contribution in [3.8, 4) is 5.75 Å². The summed E-state index contributed by atoms with van der Waals surface area (Å²) in [4.78, 5) is 4.16. The van der Waals surface area contributed by atoms with Crippen molar-refractivity contribution < 1.29 is 5.11 Å². The van der Waals surface area contributed by atoms with Gasteiger partial charge in [0.1, 0.15) is 11.6 Å². The van der Waals surface area contributed by atoms with E-state index >= 15 is 0 Å². The normalized spacial score (nSPS) is 10.2. The van der Waals surface area contributed by atoms with Crippen LogP contribution in [-0.4, -0.2) is 17.1 Å². The fraction of sp³-hybridized carbons (Fsp3) is 0.100. The quantitative estimate of drug-likeness (QED) is 0.694. The van der Waals surface area contributed by atoms with E-state index in [0.717, 1.165) is 16.6 Å². The highest BCUT2D eigenvalue weighted by Crippen LogP contribution is 2.23. The van der Waals surface area contributed by atoms with Gasteiger partial charge >= 0.3 is 0 Å². The number of fused-ring (bicyclic) bond motifs is 1. The Hall–Kier alpha value is -1.77. The molecule has 0 aliphatic rings. The summed E-state index contributed by atoms with van der Waals surface area (Å²) in [6.45, 7) is 0. The Morgan fingerprint density at radius 1 is 1.31 bits per heavy atom. The third-order valence-corrected chi connectivity index (χ3v) is 1.98. The molecule has 0 radical (unpaired) electrons. The van der Waals surface area contributed by atoms with Crippen molar-refractivity contribution in [2.24, 2.45) is 0 Å². The molecule has 13 heavy (non-hydrogen) atoms. The van der Waals surface area contributed by atoms with Crippen LogP contribution in [0.4, 0.5) is 5.82 Å². The van der Waals surface area contributed by atoms with Gasteiger partial charge in [0.15, 0.2) is 0 Å². The second-order valence-corrected chi connectivity index (χ2v) is 2.81. The Labute approximate surface area is 76.0 Å². The van der Waals surface area contributed by atoms with E-state index in [1.165, 1.54) is 0 Å². The summed E-state index contributed by atoms with van der Waals surface area (Å²) in [6, 6.07) is 7.10. The maximum Gasteiger partial charge on any atom is 0.133 e. The van der Waals surface area contributed by atoms with Crippen LogP contribution < -0.4 is 5.32 Å². The van der Waals surface area contributed by atoms with Gasteiger partial charge in [0.05, 0.1) is 0 Å². The molecule has 0 fully saturated rings. The average Bonchev–Trinajstić information content (AvgIpc) is 2.16. The van der Waals surface area contributed by atoms with Crippen molar-refractivity contribution in [2.45, 2.75) is 0 Å². The van der Waals surface area contributed by atoms with Crippen molar-refractivity contribution in [2.75, 3.05) is 12.4 Å². The van der Waals surface area contributed by atoms with Crippen LogP contribution in [0.2, 0.25) is 0 Å². The Balaban J connectivity index is 2.77. The number of benzene rings is 1. The highest BCUT2D eigenvalue weighted by Gasteiger charge is 1.99. The Bertz CT molecular complexity index is 440. The lowest BCUT2D eigenvalue weighted by Crippen LogP contribution is -1.92. The maximum atomic E-state index is 9.25. The fourth-order valence-corrected chi connectivity index (χ4v) is 1.36. The first-order valence-corrected chi connectivity index (χ1v) is 4.07. The van der Waals surface area contributed by atoms with Gasteiger partial charge < -0.3 is 10.4 Å². The summed E-state index contributed by atoms with van der Waals surface area (Å²) in [7, 11) is 1.83. The number of nitrogens with zero attached hydrogens (tertiary/aromatic N) is 1. The Morgan fingerprint density at radius 3 is 2.92 bits per heavy atom. The molecule has 0 spiro atoms. The van der Waals surface area contributed by atoms with Crippen molar-refractivity contribution in [1.82, 2.24) is 4.98 Å². The molecule has 2 N–H and O–H groups in total. The van der Waals surface area contributed by atoms with Crippen molar-refractivity contribution in [3.05, 3.63) is 30.5 Å². The molecule has 1 heterocycles. The molecule has 3 nitrogen and oxygen atoms in total. The average molecular weight is 174 g/mol. The molecule has 0 atom stereocenters. The van der Waals surface area contributed by atoms with Crippen LogP contribution >= 0.6 is 0 Å². The number of pyridine rings is 1. The van der Waals surface area contributed by atoms with Crippen LogP contribution in [0.15, 0.2) is 30.5 Å². The van der Waals surface area contributed by atoms with E-state index in [0.29, 0.717) is 0 Å². The van der Waals surface area contributed by atoms with Crippen LogP contribution in [0.3, 0.4) is 0 Å². The Kier molecular flexibility index (Phi) is 1.77. The van der Waals surface area contributed by atoms with Crippen LogP contribution in [0.5, 0.6) is 5.75 Å². The van der Waals surface area contributed by atoms with Gasteiger partial charge in [-0.2, -0.15) is 0 Å². The van der Waals surface area contributed by atoms with Gasteiger partial charge in [-0.3, -0.25) is 0 Å². The number of rotatable bonds is 1. The summed E-state index contributed by atoms with van der Waals surface area (Å²) in [5.74, 6) is 1.11. The zero-order chi connectivity index (χ0) is 9.26. The molecule has 0 unspecified atom stereocenters. The van der Waals surface area contributed by atoms with Crippen LogP contribution in [0.1, 0.15) is 0 Å². The second kappa shape index (κ2) is 2.94. The van der Waals surface area contributed by atoms with Gasteiger partial charge in [0.2, 0.25) is 0 Å². The number of aromatic hydroxyl groups is 1. The van der Waals surface area contributed by atoms with E-state index in [1.807, 2.05) is 19.2 Å². The minimum absolute atomic E-state index is 0.278. The topological polar surface area (TPSA) is 45.2 Å². The molecule has 0 saturated carbocycles. The standard InChI is InChI=1S/C10H10N2O/c1-11-10-9-3-2-8(13)6-7(9)4-5-12-10/h2-6,13H,1H3,(H,11,12). The van der Waals surface area contributed by atoms with Crippen molar-refractivity contribution in [3.63, 3.8) is 0 Å². The second-order valence-electron chi connectivity index (χ2n) is 2.81. The molecule has 2 rings (SSSR count). The smallest absolute Gasteiger partial charge is 0.133 e. The van der Waals surface area contributed by atoms with E-state index in [1.54, 1.807) is 18.3 Å². The Morgan fingerprint density at radius 2 is 2.15 bits per heavy atom. The van der Waals surface area contributed by atoms with Gasteiger partial charge in [-0.15, -0.1) is 0 Å². The first-order valence-electron chi connectivity index (χ1n) is 4.07. The SMILES string of the molecule is CNc1nccc2cc(O)ccc12. The van der Waals surface area contributed by atoms with Gasteiger partial charge in [0, 0.05) is 18.6 Å². The minimum atomic E-state index is 0.278.